The maximum Gasteiger partial charge on any atom is 0.185 e. The summed E-state index contributed by atoms with van der Waals surface area (Å²) in [6, 6.07) is 0. The molecule has 1 aliphatic carbocycles. The molecule has 2 unspecified atom stereocenters. The molecule has 70 valence electrons. The van der Waals surface area contributed by atoms with E-state index in [2.05, 4.69) is 9.88 Å². The van der Waals surface area contributed by atoms with E-state index >= 15 is 0 Å². The molecule has 2 N–H and O–H groups in total. The zero-order chi connectivity index (χ0) is 8.84. The third kappa shape index (κ3) is 1.09. The van der Waals surface area contributed by atoms with Crippen molar-refractivity contribution in [2.75, 3.05) is 24.5 Å². The molecule has 13 heavy (non-hydrogen) atoms. The second-order valence-corrected chi connectivity index (χ2v) is 4.82. The van der Waals surface area contributed by atoms with E-state index < -0.39 is 0 Å². The number of fused-ring (bicyclic) bond motifs is 1. The molecule has 1 aromatic heterocycles. The minimum absolute atomic E-state index is 0.816. The van der Waals surface area contributed by atoms with Crippen LogP contribution in [0.1, 0.15) is 0 Å². The van der Waals surface area contributed by atoms with Gasteiger partial charge in [-0.3, -0.25) is 0 Å². The van der Waals surface area contributed by atoms with Crippen molar-refractivity contribution in [2.45, 2.75) is 0 Å². The van der Waals surface area contributed by atoms with Crippen molar-refractivity contribution in [3.63, 3.8) is 0 Å². The molecule has 1 saturated heterocycles. The summed E-state index contributed by atoms with van der Waals surface area (Å²) in [5.74, 6) is 2.55. The van der Waals surface area contributed by atoms with Gasteiger partial charge in [0.2, 0.25) is 0 Å². The summed E-state index contributed by atoms with van der Waals surface area (Å²) in [4.78, 5) is 6.71. The first-order valence-electron chi connectivity index (χ1n) is 4.74. The monoisotopic (exact) mass is 195 g/mol. The fourth-order valence-electron chi connectivity index (χ4n) is 2.53. The summed E-state index contributed by atoms with van der Waals surface area (Å²) in [7, 11) is 0. The van der Waals surface area contributed by atoms with E-state index in [0.29, 0.717) is 0 Å². The average molecular weight is 195 g/mol. The predicted molar refractivity (Wildman–Crippen MR) is 53.9 cm³/mol. The van der Waals surface area contributed by atoms with E-state index in [-0.39, 0.29) is 0 Å². The van der Waals surface area contributed by atoms with Gasteiger partial charge < -0.3 is 10.6 Å². The molecule has 1 aliphatic heterocycles. The normalized spacial score (nSPS) is 36.4. The van der Waals surface area contributed by atoms with Gasteiger partial charge in [0.15, 0.2) is 5.13 Å². The number of piperidine rings is 1. The van der Waals surface area contributed by atoms with E-state index in [4.69, 9.17) is 5.73 Å². The first-order chi connectivity index (χ1) is 6.40. The molecular formula is C9H13N3S. The molecule has 2 aliphatic rings. The number of rotatable bonds is 2. The second kappa shape index (κ2) is 2.69. The molecule has 2 fully saturated rings. The standard InChI is InChI=1S/C9H13N3S/c10-3-6-7-4-12(5-8(6)7)9-11-1-2-13-9/h1-2,6-8H,3-5,10H2. The van der Waals surface area contributed by atoms with Crippen LogP contribution < -0.4 is 10.6 Å². The van der Waals surface area contributed by atoms with Crippen molar-refractivity contribution in [1.29, 1.82) is 0 Å². The molecule has 0 aromatic carbocycles. The first kappa shape index (κ1) is 7.76. The lowest BCUT2D eigenvalue weighted by atomic mass is 10.3. The molecule has 1 saturated carbocycles. The zero-order valence-electron chi connectivity index (χ0n) is 7.39. The van der Waals surface area contributed by atoms with E-state index in [0.717, 1.165) is 24.3 Å². The zero-order valence-corrected chi connectivity index (χ0v) is 8.20. The lowest BCUT2D eigenvalue weighted by molar-refractivity contribution is 0.647. The van der Waals surface area contributed by atoms with Crippen LogP contribution in [0.15, 0.2) is 11.6 Å². The number of thiazole rings is 1. The van der Waals surface area contributed by atoms with Crippen LogP contribution in [0.3, 0.4) is 0 Å². The number of nitrogens with two attached hydrogens (primary N) is 1. The average Bonchev–Trinajstić information content (AvgIpc) is 2.68. The Kier molecular flexibility index (Phi) is 1.60. The van der Waals surface area contributed by atoms with Crippen LogP contribution in [0.5, 0.6) is 0 Å². The number of anilines is 1. The van der Waals surface area contributed by atoms with Crippen molar-refractivity contribution in [1.82, 2.24) is 4.98 Å². The number of hydrogen-bond donors (Lipinski definition) is 1. The minimum Gasteiger partial charge on any atom is -0.347 e. The summed E-state index contributed by atoms with van der Waals surface area (Å²) in [6.45, 7) is 3.24. The van der Waals surface area contributed by atoms with Gasteiger partial charge in [0.05, 0.1) is 0 Å². The van der Waals surface area contributed by atoms with Crippen molar-refractivity contribution >= 4 is 16.5 Å². The third-order valence-corrected chi connectivity index (χ3v) is 4.17. The predicted octanol–water partition coefficient (Wildman–Crippen LogP) is 0.784. The Bertz CT molecular complexity index is 286. The molecule has 4 heteroatoms. The maximum atomic E-state index is 5.66. The fourth-order valence-corrected chi connectivity index (χ4v) is 3.19. The molecule has 0 amide bonds. The maximum absolute atomic E-state index is 5.66. The quantitative estimate of drug-likeness (QED) is 0.758. The lowest BCUT2D eigenvalue weighted by Crippen LogP contribution is -2.25. The molecule has 0 bridgehead atoms. The Morgan fingerprint density at radius 2 is 2.31 bits per heavy atom. The highest BCUT2D eigenvalue weighted by Crippen LogP contribution is 2.51. The smallest absolute Gasteiger partial charge is 0.185 e. The van der Waals surface area contributed by atoms with Gasteiger partial charge in [0, 0.05) is 24.7 Å². The van der Waals surface area contributed by atoms with E-state index in [1.807, 2.05) is 11.6 Å². The van der Waals surface area contributed by atoms with Crippen molar-refractivity contribution in [3.05, 3.63) is 11.6 Å². The summed E-state index contributed by atoms with van der Waals surface area (Å²) < 4.78 is 0. The summed E-state index contributed by atoms with van der Waals surface area (Å²) in [5.41, 5.74) is 5.66. The Morgan fingerprint density at radius 3 is 2.85 bits per heavy atom. The highest BCUT2D eigenvalue weighted by Gasteiger charge is 2.54. The third-order valence-electron chi connectivity index (χ3n) is 3.33. The Balaban J connectivity index is 1.68. The molecule has 2 atom stereocenters. The molecular weight excluding hydrogens is 182 g/mol. The minimum atomic E-state index is 0.816. The largest absolute Gasteiger partial charge is 0.347 e. The SMILES string of the molecule is NCC1C2CN(c3nccs3)CC12. The van der Waals surface area contributed by atoms with Crippen LogP contribution in [0, 0.1) is 17.8 Å². The molecule has 0 spiro atoms. The van der Waals surface area contributed by atoms with Gasteiger partial charge in [-0.1, -0.05) is 0 Å². The van der Waals surface area contributed by atoms with Gasteiger partial charge in [-0.25, -0.2) is 4.98 Å². The first-order valence-corrected chi connectivity index (χ1v) is 5.62. The summed E-state index contributed by atoms with van der Waals surface area (Å²) >= 11 is 1.74. The summed E-state index contributed by atoms with van der Waals surface area (Å²) in [5, 5.41) is 3.22. The van der Waals surface area contributed by atoms with Gasteiger partial charge in [0.1, 0.15) is 0 Å². The van der Waals surface area contributed by atoms with Crippen LogP contribution in [-0.2, 0) is 0 Å². The fraction of sp³-hybridized carbons (Fsp3) is 0.667. The molecule has 2 heterocycles. The van der Waals surface area contributed by atoms with Gasteiger partial charge >= 0.3 is 0 Å². The Morgan fingerprint density at radius 1 is 1.54 bits per heavy atom. The number of hydrogen-bond acceptors (Lipinski definition) is 4. The van der Waals surface area contributed by atoms with Crippen molar-refractivity contribution in [3.8, 4) is 0 Å². The number of aromatic nitrogens is 1. The van der Waals surface area contributed by atoms with E-state index in [1.54, 1.807) is 11.3 Å². The van der Waals surface area contributed by atoms with Crippen LogP contribution >= 0.6 is 11.3 Å². The van der Waals surface area contributed by atoms with Gasteiger partial charge in [-0.05, 0) is 24.3 Å². The highest BCUT2D eigenvalue weighted by atomic mass is 32.1. The Hall–Kier alpha value is -0.610. The molecule has 0 radical (unpaired) electrons. The van der Waals surface area contributed by atoms with Gasteiger partial charge in [0.25, 0.3) is 0 Å². The van der Waals surface area contributed by atoms with Gasteiger partial charge in [-0.15, -0.1) is 11.3 Å². The van der Waals surface area contributed by atoms with E-state index in [9.17, 15) is 0 Å². The number of nitrogens with zero attached hydrogens (tertiary/aromatic N) is 2. The highest BCUT2D eigenvalue weighted by molar-refractivity contribution is 7.13. The summed E-state index contributed by atoms with van der Waals surface area (Å²) in [6.07, 6.45) is 1.88. The van der Waals surface area contributed by atoms with Crippen molar-refractivity contribution in [2.24, 2.45) is 23.5 Å². The van der Waals surface area contributed by atoms with Crippen molar-refractivity contribution < 1.29 is 0 Å². The van der Waals surface area contributed by atoms with Crippen LogP contribution in [0.4, 0.5) is 5.13 Å². The topological polar surface area (TPSA) is 42.1 Å². The Labute approximate surface area is 81.6 Å². The van der Waals surface area contributed by atoms with Crippen LogP contribution in [0.2, 0.25) is 0 Å². The molecule has 3 nitrogen and oxygen atoms in total. The lowest BCUT2D eigenvalue weighted by Gasteiger charge is -2.17. The van der Waals surface area contributed by atoms with Gasteiger partial charge in [-0.2, -0.15) is 0 Å². The second-order valence-electron chi connectivity index (χ2n) is 3.95. The molecule has 1 aromatic rings. The van der Waals surface area contributed by atoms with Crippen LogP contribution in [0.25, 0.3) is 0 Å². The molecule has 3 rings (SSSR count). The van der Waals surface area contributed by atoms with Crippen LogP contribution in [-0.4, -0.2) is 24.6 Å². The van der Waals surface area contributed by atoms with E-state index in [1.165, 1.54) is 18.2 Å².